The van der Waals surface area contributed by atoms with Crippen molar-refractivity contribution in [1.29, 1.82) is 0 Å². The zero-order valence-corrected chi connectivity index (χ0v) is 9.24. The monoisotopic (exact) mass is 236 g/mol. The van der Waals surface area contributed by atoms with Gasteiger partial charge in [0.15, 0.2) is 9.84 Å². The van der Waals surface area contributed by atoms with Crippen molar-refractivity contribution >= 4 is 15.8 Å². The van der Waals surface area contributed by atoms with Gasteiger partial charge in [-0.05, 0) is 24.7 Å². The van der Waals surface area contributed by atoms with Crippen molar-refractivity contribution in [1.82, 2.24) is 0 Å². The maximum absolute atomic E-state index is 11.3. The molecule has 6 heteroatoms. The number of hydrogen-bond donors (Lipinski definition) is 2. The average molecular weight is 236 g/mol. The molecule has 0 spiro atoms. The number of carbonyl (C=O) groups is 1. The van der Waals surface area contributed by atoms with Crippen LogP contribution in [0.25, 0.3) is 0 Å². The molecule has 1 aliphatic rings. The van der Waals surface area contributed by atoms with E-state index in [0.29, 0.717) is 12.8 Å². The third-order valence-corrected chi connectivity index (χ3v) is 4.68. The lowest BCUT2D eigenvalue weighted by atomic mass is 9.88. The second kappa shape index (κ2) is 4.94. The van der Waals surface area contributed by atoms with Gasteiger partial charge < -0.3 is 10.2 Å². The van der Waals surface area contributed by atoms with Crippen LogP contribution in [-0.2, 0) is 14.6 Å². The highest BCUT2D eigenvalue weighted by Crippen LogP contribution is 2.27. The summed E-state index contributed by atoms with van der Waals surface area (Å²) in [6.45, 7) is -0.257. The van der Waals surface area contributed by atoms with E-state index < -0.39 is 21.7 Å². The number of aliphatic hydroxyl groups excluding tert-OH is 1. The number of rotatable bonds is 4. The van der Waals surface area contributed by atoms with Crippen molar-refractivity contribution < 1.29 is 23.4 Å². The van der Waals surface area contributed by atoms with Gasteiger partial charge in [-0.2, -0.15) is 0 Å². The number of aliphatic hydroxyl groups is 1. The summed E-state index contributed by atoms with van der Waals surface area (Å²) < 4.78 is 22.7. The Kier molecular flexibility index (Phi) is 4.10. The van der Waals surface area contributed by atoms with E-state index in [1.54, 1.807) is 0 Å². The smallest absolute Gasteiger partial charge is 0.303 e. The quantitative estimate of drug-likeness (QED) is 0.711. The van der Waals surface area contributed by atoms with Crippen LogP contribution in [0.2, 0.25) is 0 Å². The molecule has 15 heavy (non-hydrogen) atoms. The predicted molar refractivity (Wildman–Crippen MR) is 54.2 cm³/mol. The fraction of sp³-hybridized carbons (Fsp3) is 0.889. The molecule has 1 fully saturated rings. The molecule has 0 aromatic rings. The van der Waals surface area contributed by atoms with Crippen LogP contribution in [-0.4, -0.2) is 42.7 Å². The third-order valence-electron chi connectivity index (χ3n) is 2.84. The Balaban J connectivity index is 2.64. The number of sulfone groups is 1. The van der Waals surface area contributed by atoms with E-state index in [9.17, 15) is 13.2 Å². The summed E-state index contributed by atoms with van der Waals surface area (Å²) in [6, 6.07) is 0. The van der Waals surface area contributed by atoms with E-state index in [4.69, 9.17) is 10.2 Å². The largest absolute Gasteiger partial charge is 0.481 e. The third kappa shape index (κ3) is 3.79. The van der Waals surface area contributed by atoms with E-state index in [2.05, 4.69) is 0 Å². The molecule has 0 aromatic heterocycles. The van der Waals surface area contributed by atoms with E-state index >= 15 is 0 Å². The highest BCUT2D eigenvalue weighted by atomic mass is 32.2. The summed E-state index contributed by atoms with van der Waals surface area (Å²) in [6.07, 6.45) is 1.11. The first-order valence-electron chi connectivity index (χ1n) is 4.97. The average Bonchev–Trinajstić information content (AvgIpc) is 2.12. The Hall–Kier alpha value is -0.620. The Labute approximate surface area is 89.0 Å². The molecule has 0 aromatic carbocycles. The first-order valence-corrected chi connectivity index (χ1v) is 6.80. The predicted octanol–water partition coefficient (Wildman–Crippen LogP) is -0.106. The molecule has 0 bridgehead atoms. The standard InChI is InChI=1S/C9H16O5S/c10-5-8(4-9(11)12)7-2-1-3-15(13,14)6-7/h7-8,10H,1-6H2,(H,11,12). The van der Waals surface area contributed by atoms with Gasteiger partial charge in [0.05, 0.1) is 17.9 Å². The van der Waals surface area contributed by atoms with E-state index in [0.717, 1.165) is 0 Å². The Bertz CT molecular complexity index is 321. The molecule has 0 radical (unpaired) electrons. The molecule has 5 nitrogen and oxygen atoms in total. The lowest BCUT2D eigenvalue weighted by molar-refractivity contribution is -0.139. The van der Waals surface area contributed by atoms with Crippen molar-refractivity contribution in [3.05, 3.63) is 0 Å². The Morgan fingerprint density at radius 2 is 2.13 bits per heavy atom. The molecule has 1 rings (SSSR count). The maximum atomic E-state index is 11.3. The molecular weight excluding hydrogens is 220 g/mol. The molecule has 2 N–H and O–H groups in total. The summed E-state index contributed by atoms with van der Waals surface area (Å²) in [5, 5.41) is 17.7. The van der Waals surface area contributed by atoms with Crippen LogP contribution < -0.4 is 0 Å². The van der Waals surface area contributed by atoms with Crippen LogP contribution in [0.1, 0.15) is 19.3 Å². The van der Waals surface area contributed by atoms with Gasteiger partial charge in [-0.3, -0.25) is 4.79 Å². The maximum Gasteiger partial charge on any atom is 0.303 e. The molecule has 1 heterocycles. The molecule has 1 saturated heterocycles. The zero-order valence-electron chi connectivity index (χ0n) is 8.42. The first kappa shape index (κ1) is 12.4. The van der Waals surface area contributed by atoms with Gasteiger partial charge in [0, 0.05) is 6.61 Å². The molecule has 0 saturated carbocycles. The number of hydrogen-bond acceptors (Lipinski definition) is 4. The van der Waals surface area contributed by atoms with Gasteiger partial charge in [0.2, 0.25) is 0 Å². The van der Waals surface area contributed by atoms with Gasteiger partial charge in [-0.15, -0.1) is 0 Å². The van der Waals surface area contributed by atoms with Crippen LogP contribution in [0.4, 0.5) is 0 Å². The fourth-order valence-electron chi connectivity index (χ4n) is 2.03. The van der Waals surface area contributed by atoms with Gasteiger partial charge in [-0.1, -0.05) is 0 Å². The molecule has 0 amide bonds. The summed E-state index contributed by atoms with van der Waals surface area (Å²) in [5.74, 6) is -1.42. The van der Waals surface area contributed by atoms with E-state index in [1.165, 1.54) is 0 Å². The second-order valence-corrected chi connectivity index (χ2v) is 6.29. The topological polar surface area (TPSA) is 91.7 Å². The molecular formula is C9H16O5S. The minimum Gasteiger partial charge on any atom is -0.481 e. The summed E-state index contributed by atoms with van der Waals surface area (Å²) in [7, 11) is -3.03. The molecule has 2 atom stereocenters. The number of carboxylic acid groups (broad SMARTS) is 1. The van der Waals surface area contributed by atoms with Gasteiger partial charge in [-0.25, -0.2) is 8.42 Å². The molecule has 1 aliphatic heterocycles. The normalized spacial score (nSPS) is 27.1. The SMILES string of the molecule is O=C(O)CC(CO)C1CCCS(=O)(=O)C1. The number of carboxylic acids is 1. The van der Waals surface area contributed by atoms with Gasteiger partial charge >= 0.3 is 5.97 Å². The number of aliphatic carboxylic acids is 1. The lowest BCUT2D eigenvalue weighted by Crippen LogP contribution is -2.33. The lowest BCUT2D eigenvalue weighted by Gasteiger charge is -2.27. The fourth-order valence-corrected chi connectivity index (χ4v) is 3.90. The summed E-state index contributed by atoms with van der Waals surface area (Å²) in [4.78, 5) is 10.5. The minimum absolute atomic E-state index is 0.0194. The van der Waals surface area contributed by atoms with Crippen LogP contribution in [0.15, 0.2) is 0 Å². The van der Waals surface area contributed by atoms with Gasteiger partial charge in [0.25, 0.3) is 0 Å². The van der Waals surface area contributed by atoms with Crippen molar-refractivity contribution in [2.75, 3.05) is 18.1 Å². The van der Waals surface area contributed by atoms with E-state index in [-0.39, 0.29) is 30.5 Å². The van der Waals surface area contributed by atoms with Crippen molar-refractivity contribution in [3.8, 4) is 0 Å². The summed E-state index contributed by atoms with van der Waals surface area (Å²) >= 11 is 0. The highest BCUT2D eigenvalue weighted by molar-refractivity contribution is 7.91. The van der Waals surface area contributed by atoms with Crippen molar-refractivity contribution in [3.63, 3.8) is 0 Å². The Morgan fingerprint density at radius 3 is 2.60 bits per heavy atom. The first-order chi connectivity index (χ1) is 6.94. The zero-order chi connectivity index (χ0) is 11.5. The van der Waals surface area contributed by atoms with Crippen LogP contribution in [0.5, 0.6) is 0 Å². The van der Waals surface area contributed by atoms with Crippen molar-refractivity contribution in [2.45, 2.75) is 19.3 Å². The Morgan fingerprint density at radius 1 is 1.47 bits per heavy atom. The molecule has 2 unspecified atom stereocenters. The molecule has 0 aliphatic carbocycles. The van der Waals surface area contributed by atoms with Gasteiger partial charge in [0.1, 0.15) is 0 Å². The highest BCUT2D eigenvalue weighted by Gasteiger charge is 2.31. The van der Waals surface area contributed by atoms with Crippen LogP contribution in [0.3, 0.4) is 0 Å². The summed E-state index contributed by atoms with van der Waals surface area (Å²) in [5.41, 5.74) is 0. The minimum atomic E-state index is -3.03. The van der Waals surface area contributed by atoms with E-state index in [1.807, 2.05) is 0 Å². The van der Waals surface area contributed by atoms with Crippen LogP contribution in [0, 0.1) is 11.8 Å². The second-order valence-electron chi connectivity index (χ2n) is 4.06. The van der Waals surface area contributed by atoms with Crippen LogP contribution >= 0.6 is 0 Å². The molecule has 88 valence electrons. The van der Waals surface area contributed by atoms with Crippen molar-refractivity contribution in [2.24, 2.45) is 11.8 Å².